The van der Waals surface area contributed by atoms with Crippen LogP contribution in [0.3, 0.4) is 0 Å². The highest BCUT2D eigenvalue weighted by Crippen LogP contribution is 2.22. The molecule has 0 heterocycles. The van der Waals surface area contributed by atoms with Crippen LogP contribution in [0.1, 0.15) is 56.2 Å². The van der Waals surface area contributed by atoms with Crippen LogP contribution in [0.15, 0.2) is 48.5 Å². The minimum atomic E-state index is -3.51. The highest BCUT2D eigenvalue weighted by Gasteiger charge is 2.28. The molecule has 2 rings (SSSR count). The normalized spacial score (nSPS) is 12.1. The predicted octanol–water partition coefficient (Wildman–Crippen LogP) is 4.18. The number of nitrogens with one attached hydrogen (secondary N) is 1. The lowest BCUT2D eigenvalue weighted by atomic mass is 10.1. The second-order valence-corrected chi connectivity index (χ2v) is 10.8. The Kier molecular flexibility index (Phi) is 10.8. The van der Waals surface area contributed by atoms with E-state index in [0.717, 1.165) is 23.1 Å². The first-order valence-corrected chi connectivity index (χ1v) is 14.1. The molecule has 8 heteroatoms. The summed E-state index contributed by atoms with van der Waals surface area (Å²) in [6.07, 6.45) is 2.97. The van der Waals surface area contributed by atoms with E-state index < -0.39 is 16.1 Å². The lowest BCUT2D eigenvalue weighted by Gasteiger charge is -2.31. The molecule has 0 fully saturated rings. The van der Waals surface area contributed by atoms with Gasteiger partial charge in [0.15, 0.2) is 0 Å². The maximum atomic E-state index is 13.4. The summed E-state index contributed by atoms with van der Waals surface area (Å²) in [5, 5.41) is 2.91. The third-order valence-electron chi connectivity index (χ3n) is 6.06. The van der Waals surface area contributed by atoms with Gasteiger partial charge >= 0.3 is 0 Å². The second kappa shape index (κ2) is 13.3. The highest BCUT2D eigenvalue weighted by atomic mass is 32.2. The van der Waals surface area contributed by atoms with Crippen molar-refractivity contribution in [3.63, 3.8) is 0 Å². The average molecular weight is 502 g/mol. The average Bonchev–Trinajstić information content (AvgIpc) is 2.82. The third-order valence-corrected chi connectivity index (χ3v) is 7.26. The molecular weight excluding hydrogens is 462 g/mol. The van der Waals surface area contributed by atoms with Crippen LogP contribution in [-0.4, -0.2) is 50.5 Å². The Bertz CT molecular complexity index is 1090. The summed E-state index contributed by atoms with van der Waals surface area (Å²) >= 11 is 0. The monoisotopic (exact) mass is 501 g/mol. The number of hydrogen-bond acceptors (Lipinski definition) is 4. The van der Waals surface area contributed by atoms with Crippen LogP contribution in [-0.2, 0) is 26.2 Å². The van der Waals surface area contributed by atoms with Crippen molar-refractivity contribution in [1.29, 1.82) is 0 Å². The van der Waals surface area contributed by atoms with Gasteiger partial charge in [0.2, 0.25) is 21.8 Å². The van der Waals surface area contributed by atoms with Crippen LogP contribution in [0.2, 0.25) is 0 Å². The molecule has 1 atom stereocenters. The summed E-state index contributed by atoms with van der Waals surface area (Å²) < 4.78 is 26.3. The van der Waals surface area contributed by atoms with Crippen LogP contribution in [0.25, 0.3) is 0 Å². The van der Waals surface area contributed by atoms with Crippen molar-refractivity contribution in [1.82, 2.24) is 10.2 Å². The van der Waals surface area contributed by atoms with Crippen molar-refractivity contribution in [2.24, 2.45) is 0 Å². The maximum Gasteiger partial charge on any atom is 0.242 e. The fourth-order valence-electron chi connectivity index (χ4n) is 3.95. The molecule has 0 spiro atoms. The zero-order valence-corrected chi connectivity index (χ0v) is 22.4. The summed E-state index contributed by atoms with van der Waals surface area (Å²) in [6.45, 7) is 8.87. The molecule has 1 N–H and O–H groups in total. The van der Waals surface area contributed by atoms with Crippen LogP contribution in [0.5, 0.6) is 0 Å². The van der Waals surface area contributed by atoms with E-state index in [-0.39, 0.29) is 24.8 Å². The van der Waals surface area contributed by atoms with Crippen molar-refractivity contribution in [2.75, 3.05) is 23.7 Å². The molecular formula is C27H39N3O4S. The van der Waals surface area contributed by atoms with Gasteiger partial charge in [-0.2, -0.15) is 0 Å². The van der Waals surface area contributed by atoms with Gasteiger partial charge in [-0.3, -0.25) is 13.9 Å². The lowest BCUT2D eigenvalue weighted by molar-refractivity contribution is -0.141. The van der Waals surface area contributed by atoms with Gasteiger partial charge in [0.05, 0.1) is 11.9 Å². The van der Waals surface area contributed by atoms with E-state index in [1.54, 1.807) is 11.0 Å². The Morgan fingerprint density at radius 3 is 2.26 bits per heavy atom. The number of nitrogens with zero attached hydrogens (tertiary/aromatic N) is 2. The molecule has 2 aromatic rings. The largest absolute Gasteiger partial charge is 0.354 e. The van der Waals surface area contributed by atoms with E-state index in [9.17, 15) is 18.0 Å². The molecule has 0 aliphatic heterocycles. The Morgan fingerprint density at radius 1 is 1.00 bits per heavy atom. The van der Waals surface area contributed by atoms with Crippen molar-refractivity contribution in [3.8, 4) is 0 Å². The minimum absolute atomic E-state index is 0.140. The molecule has 7 nitrogen and oxygen atoms in total. The number of carbonyl (C=O) groups is 2. The van der Waals surface area contributed by atoms with E-state index >= 15 is 0 Å². The van der Waals surface area contributed by atoms with Crippen molar-refractivity contribution < 1.29 is 18.0 Å². The summed E-state index contributed by atoms with van der Waals surface area (Å²) in [5.41, 5.74) is 3.62. The summed E-state index contributed by atoms with van der Waals surface area (Å²) in [7, 11) is -3.51. The standard InChI is InChI=1S/C27H39N3O4S/c1-6-17-28-27(32)25(7-2)29(20-23-12-9-8-10-13-23)26(31)14-11-18-30(35(5,33)34)24-16-15-21(3)22(4)19-24/h8-10,12-13,15-16,19,25H,6-7,11,14,17-18,20H2,1-5H3,(H,28,32)/t25-/m0/s1. The first kappa shape index (κ1) is 28.4. The van der Waals surface area contributed by atoms with Crippen LogP contribution >= 0.6 is 0 Å². The molecule has 0 radical (unpaired) electrons. The van der Waals surface area contributed by atoms with Crippen LogP contribution in [0, 0.1) is 13.8 Å². The topological polar surface area (TPSA) is 86.8 Å². The molecule has 192 valence electrons. The van der Waals surface area contributed by atoms with Crippen molar-refractivity contribution in [3.05, 3.63) is 65.2 Å². The zero-order valence-electron chi connectivity index (χ0n) is 21.6. The number of aryl methyl sites for hydroxylation is 2. The van der Waals surface area contributed by atoms with Gasteiger partial charge in [-0.1, -0.05) is 50.2 Å². The first-order chi connectivity index (χ1) is 16.6. The minimum Gasteiger partial charge on any atom is -0.354 e. The van der Waals surface area contributed by atoms with E-state index in [1.807, 2.05) is 70.2 Å². The molecule has 0 unspecified atom stereocenters. The van der Waals surface area contributed by atoms with E-state index in [0.29, 0.717) is 31.6 Å². The Hall–Kier alpha value is -2.87. The van der Waals surface area contributed by atoms with Gasteiger partial charge in [0.1, 0.15) is 6.04 Å². The molecule has 0 saturated carbocycles. The highest BCUT2D eigenvalue weighted by molar-refractivity contribution is 7.92. The van der Waals surface area contributed by atoms with E-state index in [4.69, 9.17) is 0 Å². The van der Waals surface area contributed by atoms with Gasteiger partial charge in [-0.15, -0.1) is 0 Å². The zero-order chi connectivity index (χ0) is 26.0. The quantitative estimate of drug-likeness (QED) is 0.446. The number of anilines is 1. The number of rotatable bonds is 13. The van der Waals surface area contributed by atoms with Crippen LogP contribution in [0.4, 0.5) is 5.69 Å². The molecule has 2 aromatic carbocycles. The SMILES string of the molecule is CCCNC(=O)[C@H](CC)N(Cc1ccccc1)C(=O)CCCN(c1ccc(C)c(C)c1)S(C)(=O)=O. The van der Waals surface area contributed by atoms with Gasteiger partial charge in [0.25, 0.3) is 0 Å². The number of amides is 2. The maximum absolute atomic E-state index is 13.4. The molecule has 0 aliphatic rings. The number of benzene rings is 2. The Labute approximate surface area is 210 Å². The van der Waals surface area contributed by atoms with Gasteiger partial charge < -0.3 is 10.2 Å². The third kappa shape index (κ3) is 8.38. The molecule has 0 aliphatic carbocycles. The molecule has 0 bridgehead atoms. The molecule has 0 saturated heterocycles. The van der Waals surface area contributed by atoms with Gasteiger partial charge in [-0.25, -0.2) is 8.42 Å². The first-order valence-electron chi connectivity index (χ1n) is 12.2. The lowest BCUT2D eigenvalue weighted by Crippen LogP contribution is -2.49. The number of carbonyl (C=O) groups excluding carboxylic acids is 2. The summed E-state index contributed by atoms with van der Waals surface area (Å²) in [6, 6.07) is 14.5. The summed E-state index contributed by atoms with van der Waals surface area (Å²) in [5.74, 6) is -0.326. The fourth-order valence-corrected chi connectivity index (χ4v) is 4.91. The molecule has 2 amide bonds. The fraction of sp³-hybridized carbons (Fsp3) is 0.481. The second-order valence-electron chi connectivity index (χ2n) is 8.93. The Morgan fingerprint density at radius 2 is 1.69 bits per heavy atom. The van der Waals surface area contributed by atoms with Gasteiger partial charge in [-0.05, 0) is 61.9 Å². The van der Waals surface area contributed by atoms with E-state index in [1.165, 1.54) is 10.6 Å². The number of sulfonamides is 1. The smallest absolute Gasteiger partial charge is 0.242 e. The Balaban J connectivity index is 2.19. The van der Waals surface area contributed by atoms with Crippen molar-refractivity contribution >= 4 is 27.5 Å². The predicted molar refractivity (Wildman–Crippen MR) is 142 cm³/mol. The van der Waals surface area contributed by atoms with E-state index in [2.05, 4.69) is 5.32 Å². The molecule has 0 aromatic heterocycles. The van der Waals surface area contributed by atoms with Gasteiger partial charge in [0, 0.05) is 26.1 Å². The summed E-state index contributed by atoms with van der Waals surface area (Å²) in [4.78, 5) is 27.8. The molecule has 35 heavy (non-hydrogen) atoms. The van der Waals surface area contributed by atoms with Crippen LogP contribution < -0.4 is 9.62 Å². The van der Waals surface area contributed by atoms with Crippen molar-refractivity contribution in [2.45, 2.75) is 66.0 Å². The number of hydrogen-bond donors (Lipinski definition) is 1.